The van der Waals surface area contributed by atoms with Gasteiger partial charge in [0.25, 0.3) is 5.91 Å². The van der Waals surface area contributed by atoms with Gasteiger partial charge < -0.3 is 25.1 Å². The average Bonchev–Trinajstić information content (AvgIpc) is 3.24. The molecular weight excluding hydrogens is 443 g/mol. The van der Waals surface area contributed by atoms with E-state index < -0.39 is 0 Å². The van der Waals surface area contributed by atoms with Gasteiger partial charge in [0.1, 0.15) is 12.0 Å². The minimum atomic E-state index is -0.337. The second-order valence-corrected chi connectivity index (χ2v) is 8.24. The number of rotatable bonds is 7. The summed E-state index contributed by atoms with van der Waals surface area (Å²) in [5.41, 5.74) is 1.48. The molecule has 2 atom stereocenters. The molecule has 1 aromatic carbocycles. The molecule has 3 amide bonds. The van der Waals surface area contributed by atoms with Crippen molar-refractivity contribution in [3.63, 3.8) is 0 Å². The molecule has 1 fully saturated rings. The molecule has 3 N–H and O–H groups in total. The summed E-state index contributed by atoms with van der Waals surface area (Å²) < 4.78 is 11.1. The molecule has 0 saturated carbocycles. The van der Waals surface area contributed by atoms with Crippen LogP contribution < -0.4 is 16.0 Å². The number of urea groups is 1. The second kappa shape index (κ2) is 10.9. The molecule has 0 aliphatic carbocycles. The van der Waals surface area contributed by atoms with E-state index in [1.807, 2.05) is 12.1 Å². The van der Waals surface area contributed by atoms with Gasteiger partial charge in [0.15, 0.2) is 0 Å². The van der Waals surface area contributed by atoms with Gasteiger partial charge in [-0.05, 0) is 30.7 Å². The van der Waals surface area contributed by atoms with Gasteiger partial charge in [-0.2, -0.15) is 0 Å². The Labute approximate surface area is 191 Å². The number of ether oxygens (including phenoxy) is 1. The number of benzene rings is 1. The molecule has 1 aromatic heterocycles. The van der Waals surface area contributed by atoms with Crippen molar-refractivity contribution in [1.29, 1.82) is 0 Å². The van der Waals surface area contributed by atoms with Crippen LogP contribution in [0.25, 0.3) is 0 Å². The predicted molar refractivity (Wildman–Crippen MR) is 118 cm³/mol. The molecule has 10 heteroatoms. The van der Waals surface area contributed by atoms with Crippen LogP contribution in [0.5, 0.6) is 0 Å². The highest BCUT2D eigenvalue weighted by atomic mass is 35.5. The lowest BCUT2D eigenvalue weighted by Gasteiger charge is -2.38. The van der Waals surface area contributed by atoms with Crippen LogP contribution in [0.3, 0.4) is 0 Å². The van der Waals surface area contributed by atoms with Gasteiger partial charge in [-0.1, -0.05) is 29.3 Å². The Bertz CT molecular complexity index is 921. The Kier molecular flexibility index (Phi) is 8.20. The molecule has 8 nitrogen and oxygen atoms in total. The average molecular weight is 469 g/mol. The smallest absolute Gasteiger partial charge is 0.315 e. The van der Waals surface area contributed by atoms with E-state index in [-0.39, 0.29) is 30.6 Å². The summed E-state index contributed by atoms with van der Waals surface area (Å²) in [6.07, 6.45) is 1.22. The number of nitrogens with one attached hydrogen (secondary N) is 3. The molecule has 1 aliphatic rings. The van der Waals surface area contributed by atoms with Crippen LogP contribution in [0.15, 0.2) is 34.9 Å². The molecule has 0 unspecified atom stereocenters. The normalized spacial score (nSPS) is 19.1. The lowest BCUT2D eigenvalue weighted by molar-refractivity contribution is -0.0588. The summed E-state index contributed by atoms with van der Waals surface area (Å²) in [5, 5.41) is 9.11. The van der Waals surface area contributed by atoms with Crippen LogP contribution in [0.4, 0.5) is 4.79 Å². The number of furan rings is 1. The van der Waals surface area contributed by atoms with Crippen LogP contribution >= 0.6 is 23.2 Å². The Morgan fingerprint density at radius 3 is 2.74 bits per heavy atom. The highest BCUT2D eigenvalue weighted by Gasteiger charge is 2.26. The van der Waals surface area contributed by atoms with E-state index >= 15 is 0 Å². The van der Waals surface area contributed by atoms with Crippen molar-refractivity contribution in [2.24, 2.45) is 0 Å². The van der Waals surface area contributed by atoms with E-state index in [2.05, 4.69) is 27.8 Å². The summed E-state index contributed by atoms with van der Waals surface area (Å²) in [4.78, 5) is 25.9. The maximum atomic E-state index is 12.1. The van der Waals surface area contributed by atoms with Crippen LogP contribution in [-0.4, -0.2) is 55.7 Å². The van der Waals surface area contributed by atoms with E-state index in [0.29, 0.717) is 41.1 Å². The summed E-state index contributed by atoms with van der Waals surface area (Å²) >= 11 is 12.1. The molecule has 168 valence electrons. The molecule has 0 spiro atoms. The number of amides is 3. The fraction of sp³-hybridized carbons (Fsp3) is 0.429. The van der Waals surface area contributed by atoms with Crippen molar-refractivity contribution in [2.75, 3.05) is 26.7 Å². The third-order valence-electron chi connectivity index (χ3n) is 5.06. The minimum absolute atomic E-state index is 0.131. The van der Waals surface area contributed by atoms with E-state index in [1.54, 1.807) is 19.2 Å². The summed E-state index contributed by atoms with van der Waals surface area (Å²) in [6, 6.07) is 7.12. The number of carbonyl (C=O) groups is 2. The molecule has 1 aliphatic heterocycles. The lowest BCUT2D eigenvalue weighted by atomic mass is 10.1. The number of nitrogens with zero attached hydrogens (tertiary/aromatic N) is 1. The predicted octanol–water partition coefficient (Wildman–Crippen LogP) is 3.03. The van der Waals surface area contributed by atoms with Gasteiger partial charge in [0.2, 0.25) is 0 Å². The lowest BCUT2D eigenvalue weighted by Crippen LogP contribution is -2.52. The summed E-state index contributed by atoms with van der Waals surface area (Å²) in [5.74, 6) is 0.248. The fourth-order valence-electron chi connectivity index (χ4n) is 3.26. The third kappa shape index (κ3) is 6.61. The maximum absolute atomic E-state index is 12.1. The van der Waals surface area contributed by atoms with Crippen molar-refractivity contribution >= 4 is 35.1 Å². The largest absolute Gasteiger partial charge is 0.467 e. The Morgan fingerprint density at radius 2 is 2.00 bits per heavy atom. The number of hydrogen-bond acceptors (Lipinski definition) is 5. The monoisotopic (exact) mass is 468 g/mol. The first kappa shape index (κ1) is 23.4. The van der Waals surface area contributed by atoms with Crippen molar-refractivity contribution in [1.82, 2.24) is 20.9 Å². The minimum Gasteiger partial charge on any atom is -0.467 e. The zero-order chi connectivity index (χ0) is 22.4. The number of hydrogen-bond donors (Lipinski definition) is 3. The first-order chi connectivity index (χ1) is 14.9. The molecule has 2 heterocycles. The maximum Gasteiger partial charge on any atom is 0.315 e. The van der Waals surface area contributed by atoms with Gasteiger partial charge in [-0.15, -0.1) is 0 Å². The van der Waals surface area contributed by atoms with Crippen molar-refractivity contribution in [3.8, 4) is 0 Å². The number of morpholine rings is 1. The molecule has 2 aromatic rings. The highest BCUT2D eigenvalue weighted by Crippen LogP contribution is 2.24. The van der Waals surface area contributed by atoms with E-state index in [0.717, 1.165) is 12.1 Å². The third-order valence-corrected chi connectivity index (χ3v) is 5.80. The quantitative estimate of drug-likeness (QED) is 0.580. The Balaban J connectivity index is 1.44. The van der Waals surface area contributed by atoms with E-state index in [4.69, 9.17) is 32.4 Å². The Morgan fingerprint density at radius 1 is 1.19 bits per heavy atom. The first-order valence-corrected chi connectivity index (χ1v) is 10.7. The molecule has 31 heavy (non-hydrogen) atoms. The number of carbonyl (C=O) groups excluding carboxylic acids is 2. The van der Waals surface area contributed by atoms with Crippen LogP contribution in [-0.2, 0) is 17.8 Å². The van der Waals surface area contributed by atoms with Crippen molar-refractivity contribution in [2.45, 2.75) is 32.2 Å². The molecule has 3 rings (SSSR count). The van der Waals surface area contributed by atoms with E-state index in [9.17, 15) is 9.59 Å². The number of halogens is 2. The molecular formula is C21H26Cl2N4O4. The van der Waals surface area contributed by atoms with Gasteiger partial charge in [0.05, 0.1) is 34.9 Å². The fourth-order valence-corrected chi connectivity index (χ4v) is 3.59. The van der Waals surface area contributed by atoms with Crippen molar-refractivity contribution in [3.05, 3.63) is 57.5 Å². The molecule has 1 saturated heterocycles. The highest BCUT2D eigenvalue weighted by molar-refractivity contribution is 6.42. The van der Waals surface area contributed by atoms with Gasteiger partial charge in [0, 0.05) is 32.7 Å². The second-order valence-electron chi connectivity index (χ2n) is 7.43. The Hall–Kier alpha value is -2.26. The standard InChI is InChI=1S/C21H26Cl2N4O4/c1-13-11-30-17(10-27(13)9-14-3-4-18(22)19(23)5-14)8-26-21(29)25-7-16-6-15(12-31-16)20(28)24-2/h3-6,12-13,17H,7-11H2,1-2H3,(H,24,28)(H2,25,26,29)/t13-,17+/m1/s1. The van der Waals surface area contributed by atoms with Crippen LogP contribution in [0.2, 0.25) is 10.0 Å². The van der Waals surface area contributed by atoms with Crippen molar-refractivity contribution < 1.29 is 18.7 Å². The van der Waals surface area contributed by atoms with Crippen LogP contribution in [0.1, 0.15) is 28.6 Å². The van der Waals surface area contributed by atoms with Gasteiger partial charge in [-0.3, -0.25) is 9.69 Å². The summed E-state index contributed by atoms with van der Waals surface area (Å²) in [6.45, 7) is 4.62. The summed E-state index contributed by atoms with van der Waals surface area (Å²) in [7, 11) is 1.54. The van der Waals surface area contributed by atoms with Crippen LogP contribution in [0, 0.1) is 0 Å². The van der Waals surface area contributed by atoms with E-state index in [1.165, 1.54) is 6.26 Å². The van der Waals surface area contributed by atoms with Gasteiger partial charge >= 0.3 is 6.03 Å². The van der Waals surface area contributed by atoms with Gasteiger partial charge in [-0.25, -0.2) is 4.79 Å². The topological polar surface area (TPSA) is 95.8 Å². The molecule has 0 radical (unpaired) electrons. The molecule has 0 bridgehead atoms. The zero-order valence-corrected chi connectivity index (χ0v) is 18.9. The first-order valence-electron chi connectivity index (χ1n) is 9.96. The zero-order valence-electron chi connectivity index (χ0n) is 17.4. The SMILES string of the molecule is CNC(=O)c1coc(CNC(=O)NC[C@H]2CN(Cc3ccc(Cl)c(Cl)c3)[C@H](C)CO2)c1.